The zero-order valence-electron chi connectivity index (χ0n) is 9.99. The van der Waals surface area contributed by atoms with Gasteiger partial charge in [0.1, 0.15) is 5.82 Å². The fourth-order valence-electron chi connectivity index (χ4n) is 1.09. The summed E-state index contributed by atoms with van der Waals surface area (Å²) >= 11 is 0. The maximum absolute atomic E-state index is 11.5. The van der Waals surface area contributed by atoms with Crippen molar-refractivity contribution in [1.29, 1.82) is 0 Å². The van der Waals surface area contributed by atoms with Crippen LogP contribution in [-0.2, 0) is 4.74 Å². The highest BCUT2D eigenvalue weighted by molar-refractivity contribution is 5.87. The fourth-order valence-corrected chi connectivity index (χ4v) is 1.09. The Bertz CT molecular complexity index is 370. The second kappa shape index (κ2) is 4.96. The topological polar surface area (TPSA) is 65.2 Å². The third-order valence-electron chi connectivity index (χ3n) is 2.06. The molecule has 16 heavy (non-hydrogen) atoms. The molecule has 1 rings (SSSR count). The Morgan fingerprint density at radius 3 is 2.69 bits per heavy atom. The minimum absolute atomic E-state index is 0.156. The molecule has 0 saturated carbocycles. The summed E-state index contributed by atoms with van der Waals surface area (Å²) < 4.78 is 5.10. The zero-order chi connectivity index (χ0) is 12.2. The molecule has 0 saturated heterocycles. The molecule has 0 aliphatic rings. The zero-order valence-corrected chi connectivity index (χ0v) is 9.99. The van der Waals surface area contributed by atoms with Gasteiger partial charge in [-0.1, -0.05) is 26.8 Å². The second-order valence-corrected chi connectivity index (χ2v) is 4.89. The van der Waals surface area contributed by atoms with Crippen molar-refractivity contribution in [3.8, 4) is 0 Å². The molecule has 0 aromatic carbocycles. The summed E-state index contributed by atoms with van der Waals surface area (Å²) in [7, 11) is 0. The first kappa shape index (κ1) is 12.5. The van der Waals surface area contributed by atoms with E-state index in [-0.39, 0.29) is 11.1 Å². The van der Waals surface area contributed by atoms with Crippen LogP contribution in [0, 0.1) is 5.41 Å². The van der Waals surface area contributed by atoms with Gasteiger partial charge in [0.05, 0.1) is 6.61 Å². The van der Waals surface area contributed by atoms with Gasteiger partial charge in [0, 0.05) is 0 Å². The highest BCUT2D eigenvalue weighted by atomic mass is 16.5. The molecule has 0 aliphatic heterocycles. The number of nitrogens with two attached hydrogens (primary N) is 1. The van der Waals surface area contributed by atoms with Crippen LogP contribution in [-0.4, -0.2) is 17.6 Å². The SMILES string of the molecule is CC(C)(C)CCOC(=O)c1cccc(N)n1. The van der Waals surface area contributed by atoms with Crippen LogP contribution in [0.1, 0.15) is 37.7 Å². The van der Waals surface area contributed by atoms with Gasteiger partial charge in [0.25, 0.3) is 0 Å². The van der Waals surface area contributed by atoms with Crippen molar-refractivity contribution in [2.45, 2.75) is 27.2 Å². The summed E-state index contributed by atoms with van der Waals surface area (Å²) in [4.78, 5) is 15.4. The molecule has 0 atom stereocenters. The summed E-state index contributed by atoms with van der Waals surface area (Å²) in [6.07, 6.45) is 0.820. The van der Waals surface area contributed by atoms with Gasteiger partial charge in [0.2, 0.25) is 0 Å². The lowest BCUT2D eigenvalue weighted by atomic mass is 9.93. The Balaban J connectivity index is 2.47. The number of hydrogen-bond acceptors (Lipinski definition) is 4. The van der Waals surface area contributed by atoms with E-state index in [2.05, 4.69) is 25.8 Å². The van der Waals surface area contributed by atoms with E-state index >= 15 is 0 Å². The Labute approximate surface area is 95.8 Å². The van der Waals surface area contributed by atoms with Crippen molar-refractivity contribution in [2.24, 2.45) is 5.41 Å². The maximum atomic E-state index is 11.5. The minimum atomic E-state index is -0.420. The summed E-state index contributed by atoms with van der Waals surface area (Å²) in [6.45, 7) is 6.69. The molecule has 0 unspecified atom stereocenters. The third-order valence-corrected chi connectivity index (χ3v) is 2.06. The second-order valence-electron chi connectivity index (χ2n) is 4.89. The van der Waals surface area contributed by atoms with Crippen molar-refractivity contribution < 1.29 is 9.53 Å². The van der Waals surface area contributed by atoms with Crippen LogP contribution in [0.2, 0.25) is 0 Å². The summed E-state index contributed by atoms with van der Waals surface area (Å²) in [5, 5.41) is 0. The van der Waals surface area contributed by atoms with Crippen LogP contribution in [0.25, 0.3) is 0 Å². The summed E-state index contributed by atoms with van der Waals surface area (Å²) in [5.74, 6) is -0.0955. The predicted octanol–water partition coefficient (Wildman–Crippen LogP) is 2.26. The maximum Gasteiger partial charge on any atom is 0.357 e. The highest BCUT2D eigenvalue weighted by Gasteiger charge is 2.13. The molecular weight excluding hydrogens is 204 g/mol. The molecular formula is C12H18N2O2. The number of hydrogen-bond donors (Lipinski definition) is 1. The van der Waals surface area contributed by atoms with Crippen molar-refractivity contribution in [1.82, 2.24) is 4.98 Å². The summed E-state index contributed by atoms with van der Waals surface area (Å²) in [5.41, 5.74) is 5.89. The number of rotatable bonds is 3. The van der Waals surface area contributed by atoms with Gasteiger partial charge in [-0.15, -0.1) is 0 Å². The number of ether oxygens (including phenoxy) is 1. The third kappa shape index (κ3) is 4.29. The van der Waals surface area contributed by atoms with Gasteiger partial charge in [-0.2, -0.15) is 0 Å². The van der Waals surface area contributed by atoms with E-state index in [9.17, 15) is 4.79 Å². The molecule has 4 nitrogen and oxygen atoms in total. The first-order valence-electron chi connectivity index (χ1n) is 5.28. The van der Waals surface area contributed by atoms with E-state index in [1.807, 2.05) is 0 Å². The van der Waals surface area contributed by atoms with Gasteiger partial charge in [-0.05, 0) is 24.0 Å². The van der Waals surface area contributed by atoms with Gasteiger partial charge in [0.15, 0.2) is 5.69 Å². The number of pyridine rings is 1. The van der Waals surface area contributed by atoms with Crippen LogP contribution in [0.3, 0.4) is 0 Å². The van der Waals surface area contributed by atoms with E-state index in [0.717, 1.165) is 6.42 Å². The first-order chi connectivity index (χ1) is 7.38. The van der Waals surface area contributed by atoms with Crippen LogP contribution >= 0.6 is 0 Å². The Hall–Kier alpha value is -1.58. The molecule has 2 N–H and O–H groups in total. The first-order valence-corrected chi connectivity index (χ1v) is 5.28. The molecule has 0 bridgehead atoms. The number of nitrogens with zero attached hydrogens (tertiary/aromatic N) is 1. The van der Waals surface area contributed by atoms with Gasteiger partial charge >= 0.3 is 5.97 Å². The molecule has 4 heteroatoms. The Morgan fingerprint density at radius 2 is 2.12 bits per heavy atom. The molecule has 1 aromatic rings. The number of carbonyl (C=O) groups is 1. The normalized spacial score (nSPS) is 11.2. The van der Waals surface area contributed by atoms with Gasteiger partial charge < -0.3 is 10.5 Å². The lowest BCUT2D eigenvalue weighted by Gasteiger charge is -2.17. The predicted molar refractivity (Wildman–Crippen MR) is 63.0 cm³/mol. The molecule has 0 amide bonds. The minimum Gasteiger partial charge on any atom is -0.461 e. The molecule has 0 radical (unpaired) electrons. The van der Waals surface area contributed by atoms with E-state index in [4.69, 9.17) is 10.5 Å². The Morgan fingerprint density at radius 1 is 1.44 bits per heavy atom. The number of esters is 1. The standard InChI is InChI=1S/C12H18N2O2/c1-12(2,3)7-8-16-11(15)9-5-4-6-10(13)14-9/h4-6H,7-8H2,1-3H3,(H2,13,14). The molecule has 1 heterocycles. The largest absolute Gasteiger partial charge is 0.461 e. The highest BCUT2D eigenvalue weighted by Crippen LogP contribution is 2.18. The average molecular weight is 222 g/mol. The average Bonchev–Trinajstić information content (AvgIpc) is 2.15. The van der Waals surface area contributed by atoms with Crippen LogP contribution < -0.4 is 5.73 Å². The lowest BCUT2D eigenvalue weighted by molar-refractivity contribution is 0.0458. The van der Waals surface area contributed by atoms with E-state index in [0.29, 0.717) is 12.4 Å². The number of carbonyl (C=O) groups excluding carboxylic acids is 1. The molecule has 0 aliphatic carbocycles. The van der Waals surface area contributed by atoms with E-state index in [1.54, 1.807) is 18.2 Å². The molecule has 1 aromatic heterocycles. The van der Waals surface area contributed by atoms with Crippen LogP contribution in [0.4, 0.5) is 5.82 Å². The van der Waals surface area contributed by atoms with Crippen molar-refractivity contribution in [2.75, 3.05) is 12.3 Å². The van der Waals surface area contributed by atoms with Gasteiger partial charge in [-0.25, -0.2) is 9.78 Å². The van der Waals surface area contributed by atoms with Crippen LogP contribution in [0.15, 0.2) is 18.2 Å². The molecule has 0 spiro atoms. The number of aromatic nitrogens is 1. The monoisotopic (exact) mass is 222 g/mol. The Kier molecular flexibility index (Phi) is 3.88. The van der Waals surface area contributed by atoms with Gasteiger partial charge in [-0.3, -0.25) is 0 Å². The number of anilines is 1. The van der Waals surface area contributed by atoms with E-state index < -0.39 is 5.97 Å². The van der Waals surface area contributed by atoms with Crippen LogP contribution in [0.5, 0.6) is 0 Å². The number of nitrogen functional groups attached to an aromatic ring is 1. The molecule has 88 valence electrons. The van der Waals surface area contributed by atoms with Crippen molar-refractivity contribution in [3.63, 3.8) is 0 Å². The summed E-state index contributed by atoms with van der Waals surface area (Å²) in [6, 6.07) is 4.91. The smallest absolute Gasteiger partial charge is 0.357 e. The van der Waals surface area contributed by atoms with E-state index in [1.165, 1.54) is 0 Å². The quantitative estimate of drug-likeness (QED) is 0.797. The molecule has 0 fully saturated rings. The lowest BCUT2D eigenvalue weighted by Crippen LogP contribution is -2.14. The van der Waals surface area contributed by atoms with Crippen molar-refractivity contribution >= 4 is 11.8 Å². The fraction of sp³-hybridized carbons (Fsp3) is 0.500. The van der Waals surface area contributed by atoms with Crippen molar-refractivity contribution in [3.05, 3.63) is 23.9 Å².